The number of carbonyl (C=O) groups excluding carboxylic acids is 1. The van der Waals surface area contributed by atoms with Gasteiger partial charge in [-0.3, -0.25) is 9.78 Å². The number of hydrogen-bond donors (Lipinski definition) is 2. The molecule has 0 atom stereocenters. The number of pyridine rings is 2. The highest BCUT2D eigenvalue weighted by molar-refractivity contribution is 6.08. The lowest BCUT2D eigenvalue weighted by Gasteiger charge is -2.22. The standard InChI is InChI=1S/C15H17N5O/c16-12-5-8-18-13(14(12)20-9-1-2-10-20)15(21)19-11-3-6-17-7-4-11/h3-8H,1-2,9-10H2,(H2,16,18)(H,17,19,21). The Labute approximate surface area is 123 Å². The van der Waals surface area contributed by atoms with Crippen LogP contribution in [0.3, 0.4) is 0 Å². The highest BCUT2D eigenvalue weighted by Crippen LogP contribution is 2.29. The molecule has 0 aromatic carbocycles. The van der Waals surface area contributed by atoms with Gasteiger partial charge in [-0.1, -0.05) is 0 Å². The van der Waals surface area contributed by atoms with Gasteiger partial charge >= 0.3 is 0 Å². The van der Waals surface area contributed by atoms with E-state index in [-0.39, 0.29) is 5.91 Å². The van der Waals surface area contributed by atoms with Crippen LogP contribution in [-0.2, 0) is 0 Å². The van der Waals surface area contributed by atoms with Crippen molar-refractivity contribution in [3.05, 3.63) is 42.5 Å². The number of anilines is 3. The van der Waals surface area contributed by atoms with Crippen molar-refractivity contribution in [1.29, 1.82) is 0 Å². The number of aromatic nitrogens is 2. The summed E-state index contributed by atoms with van der Waals surface area (Å²) in [5.41, 5.74) is 8.44. The number of rotatable bonds is 3. The molecule has 0 radical (unpaired) electrons. The second-order valence-electron chi connectivity index (χ2n) is 4.98. The van der Waals surface area contributed by atoms with Crippen LogP contribution in [0.1, 0.15) is 23.3 Å². The first-order chi connectivity index (χ1) is 10.3. The molecule has 0 unspecified atom stereocenters. The number of nitrogens with one attached hydrogen (secondary N) is 1. The first kappa shape index (κ1) is 13.4. The van der Waals surface area contributed by atoms with E-state index in [1.54, 1.807) is 36.8 Å². The van der Waals surface area contributed by atoms with Crippen molar-refractivity contribution in [2.75, 3.05) is 29.0 Å². The third kappa shape index (κ3) is 2.79. The molecule has 2 aromatic rings. The summed E-state index contributed by atoms with van der Waals surface area (Å²) in [6, 6.07) is 5.20. The summed E-state index contributed by atoms with van der Waals surface area (Å²) in [7, 11) is 0. The minimum atomic E-state index is -0.254. The number of nitrogen functional groups attached to an aromatic ring is 1. The molecule has 0 saturated carbocycles. The van der Waals surface area contributed by atoms with Crippen LogP contribution >= 0.6 is 0 Å². The molecule has 2 aromatic heterocycles. The lowest BCUT2D eigenvalue weighted by atomic mass is 10.2. The Hall–Kier alpha value is -2.63. The fourth-order valence-corrected chi connectivity index (χ4v) is 2.53. The summed E-state index contributed by atoms with van der Waals surface area (Å²) in [6.45, 7) is 1.82. The van der Waals surface area contributed by atoms with Crippen LogP contribution in [-0.4, -0.2) is 29.0 Å². The van der Waals surface area contributed by atoms with Crippen molar-refractivity contribution in [2.24, 2.45) is 0 Å². The Kier molecular flexibility index (Phi) is 3.68. The van der Waals surface area contributed by atoms with Crippen molar-refractivity contribution in [3.63, 3.8) is 0 Å². The van der Waals surface area contributed by atoms with E-state index < -0.39 is 0 Å². The van der Waals surface area contributed by atoms with E-state index in [1.165, 1.54) is 0 Å². The highest BCUT2D eigenvalue weighted by atomic mass is 16.1. The van der Waals surface area contributed by atoms with Gasteiger partial charge in [0.1, 0.15) is 0 Å². The van der Waals surface area contributed by atoms with Gasteiger partial charge in [0, 0.05) is 37.4 Å². The molecule has 1 aliphatic heterocycles. The Balaban J connectivity index is 1.90. The highest BCUT2D eigenvalue weighted by Gasteiger charge is 2.23. The zero-order valence-electron chi connectivity index (χ0n) is 11.6. The van der Waals surface area contributed by atoms with Crippen molar-refractivity contribution in [2.45, 2.75) is 12.8 Å². The van der Waals surface area contributed by atoms with E-state index in [1.807, 2.05) is 0 Å². The molecule has 1 saturated heterocycles. The van der Waals surface area contributed by atoms with Crippen LogP contribution in [0.15, 0.2) is 36.8 Å². The summed E-state index contributed by atoms with van der Waals surface area (Å²) < 4.78 is 0. The van der Waals surface area contributed by atoms with E-state index >= 15 is 0 Å². The molecule has 3 rings (SSSR count). The van der Waals surface area contributed by atoms with Gasteiger partial charge in [0.15, 0.2) is 5.69 Å². The number of carbonyl (C=O) groups is 1. The second kappa shape index (κ2) is 5.78. The quantitative estimate of drug-likeness (QED) is 0.899. The van der Waals surface area contributed by atoms with E-state index in [9.17, 15) is 4.79 Å². The minimum absolute atomic E-state index is 0.254. The first-order valence-electron chi connectivity index (χ1n) is 6.96. The van der Waals surface area contributed by atoms with Crippen molar-refractivity contribution in [3.8, 4) is 0 Å². The molecule has 3 heterocycles. The maximum Gasteiger partial charge on any atom is 0.276 e. The van der Waals surface area contributed by atoms with Crippen LogP contribution in [0.25, 0.3) is 0 Å². The number of nitrogens with zero attached hydrogens (tertiary/aromatic N) is 3. The van der Waals surface area contributed by atoms with Gasteiger partial charge in [-0.05, 0) is 31.0 Å². The van der Waals surface area contributed by atoms with Crippen LogP contribution in [0.4, 0.5) is 17.1 Å². The predicted octanol–water partition coefficient (Wildman–Crippen LogP) is 1.91. The number of nitrogens with two attached hydrogens (primary N) is 1. The van der Waals surface area contributed by atoms with Crippen LogP contribution in [0.5, 0.6) is 0 Å². The van der Waals surface area contributed by atoms with E-state index in [0.29, 0.717) is 17.1 Å². The monoisotopic (exact) mass is 283 g/mol. The molecular formula is C15H17N5O. The molecule has 6 heteroatoms. The maximum absolute atomic E-state index is 12.5. The molecule has 0 aliphatic carbocycles. The summed E-state index contributed by atoms with van der Waals surface area (Å²) >= 11 is 0. The minimum Gasteiger partial charge on any atom is -0.397 e. The van der Waals surface area contributed by atoms with E-state index in [4.69, 9.17) is 5.73 Å². The fraction of sp³-hybridized carbons (Fsp3) is 0.267. The summed E-state index contributed by atoms with van der Waals surface area (Å²) in [4.78, 5) is 22.8. The zero-order valence-corrected chi connectivity index (χ0v) is 11.6. The molecule has 0 spiro atoms. The Morgan fingerprint density at radius 2 is 1.86 bits per heavy atom. The van der Waals surface area contributed by atoms with Crippen molar-refractivity contribution >= 4 is 23.0 Å². The van der Waals surface area contributed by atoms with Crippen molar-refractivity contribution in [1.82, 2.24) is 9.97 Å². The smallest absolute Gasteiger partial charge is 0.276 e. The second-order valence-corrected chi connectivity index (χ2v) is 4.98. The Morgan fingerprint density at radius 1 is 1.14 bits per heavy atom. The van der Waals surface area contributed by atoms with Gasteiger partial charge < -0.3 is 16.0 Å². The average Bonchev–Trinajstić information content (AvgIpc) is 3.02. The molecule has 1 fully saturated rings. The molecule has 108 valence electrons. The van der Waals surface area contributed by atoms with Gasteiger partial charge in [0.2, 0.25) is 0 Å². The SMILES string of the molecule is Nc1ccnc(C(=O)Nc2ccncc2)c1N1CCCC1. The van der Waals surface area contributed by atoms with Crippen LogP contribution < -0.4 is 16.0 Å². The third-order valence-corrected chi connectivity index (χ3v) is 3.53. The lowest BCUT2D eigenvalue weighted by molar-refractivity contribution is 0.102. The van der Waals surface area contributed by atoms with Crippen molar-refractivity contribution < 1.29 is 4.79 Å². The summed E-state index contributed by atoms with van der Waals surface area (Å²) in [6.07, 6.45) is 7.05. The number of amides is 1. The molecule has 21 heavy (non-hydrogen) atoms. The fourth-order valence-electron chi connectivity index (χ4n) is 2.53. The molecule has 0 bridgehead atoms. The Bertz CT molecular complexity index is 638. The van der Waals surface area contributed by atoms with Crippen LogP contribution in [0, 0.1) is 0 Å². The summed E-state index contributed by atoms with van der Waals surface area (Å²) in [5, 5.41) is 2.83. The van der Waals surface area contributed by atoms with Gasteiger partial charge in [0.25, 0.3) is 5.91 Å². The van der Waals surface area contributed by atoms with Gasteiger partial charge in [0.05, 0.1) is 11.4 Å². The lowest BCUT2D eigenvalue weighted by Crippen LogP contribution is -2.25. The largest absolute Gasteiger partial charge is 0.397 e. The molecule has 1 aliphatic rings. The van der Waals surface area contributed by atoms with Crippen LogP contribution in [0.2, 0.25) is 0 Å². The van der Waals surface area contributed by atoms with Gasteiger partial charge in [-0.2, -0.15) is 0 Å². The topological polar surface area (TPSA) is 84.1 Å². The van der Waals surface area contributed by atoms with Gasteiger partial charge in [-0.25, -0.2) is 4.98 Å². The van der Waals surface area contributed by atoms with Gasteiger partial charge in [-0.15, -0.1) is 0 Å². The summed E-state index contributed by atoms with van der Waals surface area (Å²) in [5.74, 6) is -0.254. The average molecular weight is 283 g/mol. The predicted molar refractivity (Wildman–Crippen MR) is 82.3 cm³/mol. The normalized spacial score (nSPS) is 14.2. The Morgan fingerprint density at radius 3 is 2.57 bits per heavy atom. The molecule has 3 N–H and O–H groups in total. The van der Waals surface area contributed by atoms with E-state index in [0.717, 1.165) is 31.6 Å². The van der Waals surface area contributed by atoms with E-state index in [2.05, 4.69) is 20.2 Å². The molecule has 6 nitrogen and oxygen atoms in total. The number of hydrogen-bond acceptors (Lipinski definition) is 5. The molecular weight excluding hydrogens is 266 g/mol. The molecule has 1 amide bonds. The zero-order chi connectivity index (χ0) is 14.7. The first-order valence-corrected chi connectivity index (χ1v) is 6.96. The maximum atomic E-state index is 12.5. The third-order valence-electron chi connectivity index (χ3n) is 3.53.